The lowest BCUT2D eigenvalue weighted by molar-refractivity contribution is -0.136. The number of carboxylic acids is 1. The first-order valence-corrected chi connectivity index (χ1v) is 2.89. The first kappa shape index (κ1) is 3.20. The zero-order valence-electron chi connectivity index (χ0n) is 8.31. The van der Waals surface area contributed by atoms with E-state index in [2.05, 4.69) is 15.9 Å². The molecule has 0 rings (SSSR count). The van der Waals surface area contributed by atoms with E-state index in [0.29, 0.717) is 0 Å². The second-order valence-corrected chi connectivity index (χ2v) is 2.30. The standard InChI is InChI=1S/C5H9BrO2/c1-3(2)4(6)5(7)8/h3-4H,1-2H3,(H,7,8)/i1+0D3,3+1D,4+1,5+1/t3-,4?/m0/s1. The molecule has 0 radical (unpaired) electrons. The maximum Gasteiger partial charge on any atom is 0.317 e. The van der Waals surface area contributed by atoms with Crippen LogP contribution in [0.3, 0.4) is 0 Å². The Morgan fingerprint density at radius 1 is 2.12 bits per heavy atom. The van der Waals surface area contributed by atoms with Crippen LogP contribution in [-0.4, -0.2) is 15.9 Å². The number of rotatable bonds is 2. The highest BCUT2D eigenvalue weighted by atomic mass is 79.9. The Balaban J connectivity index is 4.73. The fourth-order valence-corrected chi connectivity index (χ4v) is 0.185. The van der Waals surface area contributed by atoms with E-state index in [0.717, 1.165) is 6.92 Å². The minimum Gasteiger partial charge on any atom is -0.480 e. The topological polar surface area (TPSA) is 37.3 Å². The van der Waals surface area contributed by atoms with Gasteiger partial charge in [-0.2, -0.15) is 0 Å². The third-order valence-corrected chi connectivity index (χ3v) is 1.68. The van der Waals surface area contributed by atoms with Crippen LogP contribution in [0.15, 0.2) is 0 Å². The summed E-state index contributed by atoms with van der Waals surface area (Å²) in [5, 5.41) is 8.46. The van der Waals surface area contributed by atoms with E-state index in [-0.39, 0.29) is 0 Å². The molecule has 0 bridgehead atoms. The van der Waals surface area contributed by atoms with Crippen LogP contribution in [0.25, 0.3) is 0 Å². The monoisotopic (exact) mass is 187 g/mol. The summed E-state index contributed by atoms with van der Waals surface area (Å²) in [4.78, 5) is 8.98. The Labute approximate surface area is 62.6 Å². The fraction of sp³-hybridized carbons (Fsp3) is 0.800. The van der Waals surface area contributed by atoms with Gasteiger partial charge < -0.3 is 5.11 Å². The van der Waals surface area contributed by atoms with Gasteiger partial charge in [0, 0.05) is 5.48 Å². The largest absolute Gasteiger partial charge is 0.480 e. The SMILES string of the molecule is [2H][12C]([2H])([2H])[13C@@]([2H])(C)[13CH](Br)[13C](=O)O. The van der Waals surface area contributed by atoms with Crippen molar-refractivity contribution in [3.63, 3.8) is 0 Å². The van der Waals surface area contributed by atoms with E-state index in [1.807, 2.05) is 0 Å². The van der Waals surface area contributed by atoms with Gasteiger partial charge in [0.25, 0.3) is 0 Å². The van der Waals surface area contributed by atoms with Crippen LogP contribution in [0.4, 0.5) is 0 Å². The van der Waals surface area contributed by atoms with Crippen molar-refractivity contribution in [3.05, 3.63) is 0 Å². The van der Waals surface area contributed by atoms with Gasteiger partial charge in [0.15, 0.2) is 0 Å². The van der Waals surface area contributed by atoms with E-state index in [4.69, 9.17) is 10.6 Å². The number of aliphatic carboxylic acids is 1. The highest BCUT2D eigenvalue weighted by Gasteiger charge is 2.15. The Morgan fingerprint density at radius 2 is 2.62 bits per heavy atom. The van der Waals surface area contributed by atoms with Crippen molar-refractivity contribution in [2.24, 2.45) is 5.89 Å². The van der Waals surface area contributed by atoms with Gasteiger partial charge in [-0.3, -0.25) is 4.79 Å². The van der Waals surface area contributed by atoms with Crippen LogP contribution in [0.5, 0.6) is 0 Å². The van der Waals surface area contributed by atoms with E-state index >= 15 is 0 Å². The molecule has 0 fully saturated rings. The molecule has 0 saturated carbocycles. The van der Waals surface area contributed by atoms with Gasteiger partial charge in [-0.05, 0) is 5.89 Å². The minimum atomic E-state index is -2.61. The second kappa shape index (κ2) is 3.07. The molecule has 48 valence electrons. The van der Waals surface area contributed by atoms with E-state index in [1.54, 1.807) is 0 Å². The molecule has 0 aliphatic rings. The molecule has 1 N–H and O–H groups in total. The highest BCUT2D eigenvalue weighted by Crippen LogP contribution is 2.10. The molecule has 3 heteroatoms. The van der Waals surface area contributed by atoms with Crippen molar-refractivity contribution < 1.29 is 15.4 Å². The predicted octanol–water partition coefficient (Wildman–Crippen LogP) is 1.49. The Hall–Kier alpha value is -0.0500. The molecule has 0 aliphatic carbocycles. The maximum atomic E-state index is 10.4. The van der Waals surface area contributed by atoms with Crippen LogP contribution < -0.4 is 0 Å². The van der Waals surface area contributed by atoms with Gasteiger partial charge >= 0.3 is 5.97 Å². The van der Waals surface area contributed by atoms with E-state index in [1.165, 1.54) is 0 Å². The van der Waals surface area contributed by atoms with Crippen LogP contribution in [0.2, 0.25) is 0 Å². The lowest BCUT2D eigenvalue weighted by Crippen LogP contribution is -2.18. The molecule has 0 heterocycles. The zero-order chi connectivity index (χ0) is 10.2. The van der Waals surface area contributed by atoms with Gasteiger partial charge in [-0.25, -0.2) is 0 Å². The van der Waals surface area contributed by atoms with Crippen LogP contribution in [0, 0.1) is 5.89 Å². The third-order valence-electron chi connectivity index (χ3n) is 0.597. The summed E-state index contributed by atoms with van der Waals surface area (Å²) >= 11 is 2.65. The number of carboxylic acid groups (broad SMARTS) is 1. The first-order chi connectivity index (χ1) is 5.10. The summed E-state index contributed by atoms with van der Waals surface area (Å²) < 4.78 is 28.1. The van der Waals surface area contributed by atoms with E-state index in [9.17, 15) is 4.79 Å². The number of hydrogen-bond donors (Lipinski definition) is 1. The Morgan fingerprint density at radius 3 is 2.75 bits per heavy atom. The molecular formula is C5H9BrO2. The van der Waals surface area contributed by atoms with E-state index < -0.39 is 23.5 Å². The maximum absolute atomic E-state index is 10.4. The molecule has 2 atom stereocenters. The summed E-state index contributed by atoms with van der Waals surface area (Å²) in [5.41, 5.74) is 0. The molecule has 0 aromatic rings. The normalized spacial score (nSPS) is 30.2. The summed E-state index contributed by atoms with van der Waals surface area (Å²) in [7, 11) is 0. The number of alkyl halides is 1. The minimum absolute atomic E-state index is 1.06. The van der Waals surface area contributed by atoms with Gasteiger partial charge in [-0.15, -0.1) is 0 Å². The number of halogens is 1. The second-order valence-electron chi connectivity index (χ2n) is 1.38. The molecule has 0 spiro atoms. The van der Waals surface area contributed by atoms with Gasteiger partial charge in [0.2, 0.25) is 0 Å². The number of carbonyl (C=O) groups is 1. The molecule has 0 saturated heterocycles. The van der Waals surface area contributed by atoms with Crippen LogP contribution in [-0.2, 0) is 4.79 Å². The van der Waals surface area contributed by atoms with Crippen molar-refractivity contribution in [1.82, 2.24) is 0 Å². The Kier molecular flexibility index (Phi) is 1.23. The molecule has 0 aromatic heterocycles. The highest BCUT2D eigenvalue weighted by molar-refractivity contribution is 9.10. The molecule has 0 aliphatic heterocycles. The van der Waals surface area contributed by atoms with Gasteiger partial charge in [0.05, 0.1) is 0 Å². The Bertz CT molecular complexity index is 188. The quantitative estimate of drug-likeness (QED) is 0.526. The summed E-state index contributed by atoms with van der Waals surface area (Å²) in [5.74, 6) is -3.36. The molecule has 0 amide bonds. The van der Waals surface area contributed by atoms with Crippen LogP contribution >= 0.6 is 15.9 Å². The van der Waals surface area contributed by atoms with Gasteiger partial charge in [-0.1, -0.05) is 29.7 Å². The van der Waals surface area contributed by atoms with Gasteiger partial charge in [0.1, 0.15) is 4.83 Å². The fourth-order valence-electron chi connectivity index (χ4n) is 0.185. The smallest absolute Gasteiger partial charge is 0.317 e. The van der Waals surface area contributed by atoms with Crippen molar-refractivity contribution in [3.8, 4) is 0 Å². The third kappa shape index (κ3) is 2.31. The van der Waals surface area contributed by atoms with Crippen molar-refractivity contribution >= 4 is 21.9 Å². The molecule has 0 aromatic carbocycles. The van der Waals surface area contributed by atoms with Crippen LogP contribution in [0.1, 0.15) is 19.3 Å². The van der Waals surface area contributed by atoms with Crippen molar-refractivity contribution in [1.29, 1.82) is 0 Å². The molecular weight excluding hydrogens is 175 g/mol. The lowest BCUT2D eigenvalue weighted by atomic mass is 10.8. The first-order valence-electron chi connectivity index (χ1n) is 3.97. The molecule has 1 unspecified atom stereocenters. The molecule has 8 heavy (non-hydrogen) atoms. The predicted molar refractivity (Wildman–Crippen MR) is 35.2 cm³/mol. The summed E-state index contributed by atoms with van der Waals surface area (Å²) in [6.45, 7) is -1.55. The average molecular weight is 188 g/mol. The summed E-state index contributed by atoms with van der Waals surface area (Å²) in [6, 6.07) is 0. The molecule has 2 nitrogen and oxygen atoms in total. The van der Waals surface area contributed by atoms with Crippen molar-refractivity contribution in [2.75, 3.05) is 0 Å². The van der Waals surface area contributed by atoms with Crippen molar-refractivity contribution in [2.45, 2.75) is 18.6 Å². The number of hydrogen-bond acceptors (Lipinski definition) is 1. The summed E-state index contributed by atoms with van der Waals surface area (Å²) in [6.07, 6.45) is 0. The average Bonchev–Trinajstić information content (AvgIpc) is 1.83. The zero-order valence-corrected chi connectivity index (χ0v) is 5.90. The lowest BCUT2D eigenvalue weighted by Gasteiger charge is -2.05.